The normalized spacial score (nSPS) is 12.6. The highest BCUT2D eigenvalue weighted by Crippen LogP contribution is 2.18. The summed E-state index contributed by atoms with van der Waals surface area (Å²) in [6.07, 6.45) is 8.15. The molecule has 0 aliphatic heterocycles. The Bertz CT molecular complexity index is 355. The van der Waals surface area contributed by atoms with Gasteiger partial charge in [-0.25, -0.2) is 4.98 Å². The highest BCUT2D eigenvalue weighted by Gasteiger charge is 2.09. The largest absolute Gasteiger partial charge is 0.352 e. The maximum atomic E-state index is 4.34. The van der Waals surface area contributed by atoms with E-state index in [1.54, 1.807) is 0 Å². The number of nitrogens with zero attached hydrogens (tertiary/aromatic N) is 3. The van der Waals surface area contributed by atoms with Crippen LogP contribution in [-0.2, 0) is 0 Å². The Kier molecular flexibility index (Phi) is 7.26. The lowest BCUT2D eigenvalue weighted by molar-refractivity contribution is 0.288. The minimum atomic E-state index is 0.477. The summed E-state index contributed by atoms with van der Waals surface area (Å²) < 4.78 is 2.21. The van der Waals surface area contributed by atoms with Crippen LogP contribution in [0, 0.1) is 0 Å². The maximum absolute atomic E-state index is 4.34. The Morgan fingerprint density at radius 1 is 1.47 bits per heavy atom. The average molecular weight is 264 g/mol. The fourth-order valence-electron chi connectivity index (χ4n) is 2.26. The van der Waals surface area contributed by atoms with Crippen LogP contribution in [0.15, 0.2) is 25.0 Å². The molecule has 1 heterocycles. The van der Waals surface area contributed by atoms with Gasteiger partial charge in [-0.3, -0.25) is 0 Å². The zero-order chi connectivity index (χ0) is 14.1. The fourth-order valence-corrected chi connectivity index (χ4v) is 2.26. The monoisotopic (exact) mass is 264 g/mol. The Labute approximate surface area is 117 Å². The van der Waals surface area contributed by atoms with Crippen LogP contribution in [0.5, 0.6) is 0 Å². The van der Waals surface area contributed by atoms with Gasteiger partial charge < -0.3 is 14.8 Å². The minimum Gasteiger partial charge on any atom is -0.352 e. The van der Waals surface area contributed by atoms with Gasteiger partial charge in [-0.15, -0.1) is 6.58 Å². The molecule has 1 aromatic rings. The second-order valence-corrected chi connectivity index (χ2v) is 4.85. The van der Waals surface area contributed by atoms with E-state index < -0.39 is 0 Å². The average Bonchev–Trinajstić information content (AvgIpc) is 2.89. The quantitative estimate of drug-likeness (QED) is 0.659. The molecule has 0 saturated carbocycles. The molecule has 1 rings (SSSR count). The molecule has 0 fully saturated rings. The number of rotatable bonds is 10. The highest BCUT2D eigenvalue weighted by molar-refractivity contribution is 5.27. The molecule has 1 N–H and O–H groups in total. The summed E-state index contributed by atoms with van der Waals surface area (Å²) in [5.74, 6) is 0.940. The molecule has 0 aromatic carbocycles. The van der Waals surface area contributed by atoms with Crippen molar-refractivity contribution in [3.8, 4) is 0 Å². The van der Waals surface area contributed by atoms with E-state index in [1.165, 1.54) is 19.4 Å². The molecule has 0 aliphatic carbocycles. The standard InChI is InChI=1S/C15H28N4/c1-5-10-16-15-17-11-13-19(15)14(4)9-8-12-18(6-2)7-3/h5,11,13-14H,1,6-10,12H2,2-4H3,(H,16,17). The van der Waals surface area contributed by atoms with Crippen LogP contribution in [0.1, 0.15) is 39.7 Å². The second-order valence-electron chi connectivity index (χ2n) is 4.85. The van der Waals surface area contributed by atoms with Gasteiger partial charge in [0.15, 0.2) is 0 Å². The number of hydrogen-bond acceptors (Lipinski definition) is 3. The first kappa shape index (κ1) is 15.8. The molecule has 1 unspecified atom stereocenters. The van der Waals surface area contributed by atoms with E-state index in [2.05, 4.69) is 47.1 Å². The molecular weight excluding hydrogens is 236 g/mol. The molecule has 0 aliphatic rings. The molecule has 0 amide bonds. The molecule has 1 aromatic heterocycles. The molecule has 0 spiro atoms. The molecule has 4 heteroatoms. The van der Waals surface area contributed by atoms with Gasteiger partial charge in [0.05, 0.1) is 0 Å². The van der Waals surface area contributed by atoms with E-state index in [4.69, 9.17) is 0 Å². The molecule has 19 heavy (non-hydrogen) atoms. The van der Waals surface area contributed by atoms with Crippen molar-refractivity contribution in [1.82, 2.24) is 14.5 Å². The van der Waals surface area contributed by atoms with Crippen LogP contribution in [0.3, 0.4) is 0 Å². The molecule has 0 radical (unpaired) electrons. The topological polar surface area (TPSA) is 33.1 Å². The van der Waals surface area contributed by atoms with Crippen LogP contribution in [0.25, 0.3) is 0 Å². The van der Waals surface area contributed by atoms with Crippen molar-refractivity contribution in [2.75, 3.05) is 31.5 Å². The van der Waals surface area contributed by atoms with Gasteiger partial charge in [0, 0.05) is 25.0 Å². The Hall–Kier alpha value is -1.29. The van der Waals surface area contributed by atoms with Crippen LogP contribution in [0.4, 0.5) is 5.95 Å². The van der Waals surface area contributed by atoms with E-state index in [-0.39, 0.29) is 0 Å². The van der Waals surface area contributed by atoms with Gasteiger partial charge in [0.2, 0.25) is 5.95 Å². The zero-order valence-corrected chi connectivity index (χ0v) is 12.6. The first-order chi connectivity index (χ1) is 9.22. The predicted octanol–water partition coefficient (Wildman–Crippen LogP) is 3.16. The first-order valence-electron chi connectivity index (χ1n) is 7.32. The third-order valence-electron chi connectivity index (χ3n) is 3.54. The molecule has 108 valence electrons. The zero-order valence-electron chi connectivity index (χ0n) is 12.6. The fraction of sp³-hybridized carbons (Fsp3) is 0.667. The summed E-state index contributed by atoms with van der Waals surface area (Å²) >= 11 is 0. The van der Waals surface area contributed by atoms with E-state index >= 15 is 0 Å². The van der Waals surface area contributed by atoms with Crippen molar-refractivity contribution in [1.29, 1.82) is 0 Å². The Balaban J connectivity index is 2.42. The van der Waals surface area contributed by atoms with Crippen molar-refractivity contribution in [2.45, 2.75) is 39.7 Å². The number of nitrogens with one attached hydrogen (secondary N) is 1. The number of hydrogen-bond donors (Lipinski definition) is 1. The highest BCUT2D eigenvalue weighted by atomic mass is 15.2. The van der Waals surface area contributed by atoms with E-state index in [9.17, 15) is 0 Å². The van der Waals surface area contributed by atoms with E-state index in [1.807, 2.05) is 18.5 Å². The summed E-state index contributed by atoms with van der Waals surface area (Å²) in [6, 6.07) is 0.477. The summed E-state index contributed by atoms with van der Waals surface area (Å²) in [5, 5.41) is 3.27. The number of anilines is 1. The van der Waals surface area contributed by atoms with Gasteiger partial charge in [0.25, 0.3) is 0 Å². The summed E-state index contributed by atoms with van der Waals surface area (Å²) in [5.41, 5.74) is 0. The second kappa shape index (κ2) is 8.75. The van der Waals surface area contributed by atoms with Crippen LogP contribution in [0.2, 0.25) is 0 Å². The molecule has 0 bridgehead atoms. The van der Waals surface area contributed by atoms with Crippen molar-refractivity contribution in [3.05, 3.63) is 25.0 Å². The lowest BCUT2D eigenvalue weighted by atomic mass is 10.1. The minimum absolute atomic E-state index is 0.477. The van der Waals surface area contributed by atoms with Gasteiger partial charge in [0.1, 0.15) is 0 Å². The molecular formula is C15H28N4. The van der Waals surface area contributed by atoms with Crippen LogP contribution in [-0.4, -0.2) is 40.6 Å². The van der Waals surface area contributed by atoms with E-state index in [0.29, 0.717) is 6.04 Å². The summed E-state index contributed by atoms with van der Waals surface area (Å²) in [4.78, 5) is 6.81. The van der Waals surface area contributed by atoms with Crippen LogP contribution < -0.4 is 5.32 Å². The first-order valence-corrected chi connectivity index (χ1v) is 7.32. The Morgan fingerprint density at radius 2 is 2.21 bits per heavy atom. The van der Waals surface area contributed by atoms with Gasteiger partial charge in [-0.1, -0.05) is 19.9 Å². The lowest BCUT2D eigenvalue weighted by Gasteiger charge is -2.20. The summed E-state index contributed by atoms with van der Waals surface area (Å²) in [7, 11) is 0. The van der Waals surface area contributed by atoms with Crippen molar-refractivity contribution in [2.24, 2.45) is 0 Å². The van der Waals surface area contributed by atoms with Crippen molar-refractivity contribution in [3.63, 3.8) is 0 Å². The SMILES string of the molecule is C=CCNc1nccn1C(C)CCCN(CC)CC. The third kappa shape index (κ3) is 5.07. The predicted molar refractivity (Wildman–Crippen MR) is 82.6 cm³/mol. The van der Waals surface area contributed by atoms with Gasteiger partial charge in [-0.2, -0.15) is 0 Å². The van der Waals surface area contributed by atoms with E-state index in [0.717, 1.165) is 25.6 Å². The third-order valence-corrected chi connectivity index (χ3v) is 3.54. The molecule has 4 nitrogen and oxygen atoms in total. The van der Waals surface area contributed by atoms with Gasteiger partial charge in [-0.05, 0) is 39.4 Å². The molecule has 0 saturated heterocycles. The number of imidazole rings is 1. The summed E-state index contributed by atoms with van der Waals surface area (Å²) in [6.45, 7) is 14.6. The smallest absolute Gasteiger partial charge is 0.203 e. The maximum Gasteiger partial charge on any atom is 0.203 e. The van der Waals surface area contributed by atoms with Crippen LogP contribution >= 0.6 is 0 Å². The molecule has 1 atom stereocenters. The van der Waals surface area contributed by atoms with Crippen molar-refractivity contribution >= 4 is 5.95 Å². The lowest BCUT2D eigenvalue weighted by Crippen LogP contribution is -2.24. The van der Waals surface area contributed by atoms with Crippen molar-refractivity contribution < 1.29 is 0 Å². The number of aromatic nitrogens is 2. The van der Waals surface area contributed by atoms with Gasteiger partial charge >= 0.3 is 0 Å². The Morgan fingerprint density at radius 3 is 2.84 bits per heavy atom.